The van der Waals surface area contributed by atoms with Crippen LogP contribution in [0.5, 0.6) is 5.75 Å². The predicted molar refractivity (Wildman–Crippen MR) is 98.9 cm³/mol. The number of ether oxygens (including phenoxy) is 1. The molecule has 0 saturated carbocycles. The van der Waals surface area contributed by atoms with E-state index in [9.17, 15) is 4.79 Å². The van der Waals surface area contributed by atoms with Crippen molar-refractivity contribution in [2.45, 2.75) is 31.7 Å². The summed E-state index contributed by atoms with van der Waals surface area (Å²) in [5.41, 5.74) is 3.50. The molecule has 4 nitrogen and oxygen atoms in total. The van der Waals surface area contributed by atoms with Gasteiger partial charge in [-0.3, -0.25) is 9.69 Å². The Hall–Kier alpha value is -2.33. The molecule has 4 rings (SSSR count). The molecule has 1 amide bonds. The molecule has 2 aliphatic heterocycles. The lowest BCUT2D eigenvalue weighted by atomic mass is 10.0. The van der Waals surface area contributed by atoms with Gasteiger partial charge in [0.15, 0.2) is 0 Å². The lowest BCUT2D eigenvalue weighted by Gasteiger charge is -2.25. The topological polar surface area (TPSA) is 41.6 Å². The van der Waals surface area contributed by atoms with Crippen molar-refractivity contribution >= 4 is 11.6 Å². The first-order chi connectivity index (χ1) is 12.3. The van der Waals surface area contributed by atoms with Gasteiger partial charge in [-0.15, -0.1) is 0 Å². The molecule has 0 spiro atoms. The smallest absolute Gasteiger partial charge is 0.224 e. The number of carbonyl (C=O) groups is 1. The molecular weight excluding hydrogens is 312 g/mol. The van der Waals surface area contributed by atoms with Gasteiger partial charge in [-0.2, -0.15) is 0 Å². The molecule has 4 heteroatoms. The summed E-state index contributed by atoms with van der Waals surface area (Å²) in [6.45, 7) is 2.76. The van der Waals surface area contributed by atoms with E-state index in [4.69, 9.17) is 4.74 Å². The Morgan fingerprint density at radius 1 is 1.12 bits per heavy atom. The first kappa shape index (κ1) is 16.2. The molecule has 1 saturated heterocycles. The first-order valence-electron chi connectivity index (χ1n) is 9.14. The Balaban J connectivity index is 1.34. The summed E-state index contributed by atoms with van der Waals surface area (Å²) >= 11 is 0. The van der Waals surface area contributed by atoms with E-state index in [2.05, 4.69) is 46.6 Å². The quantitative estimate of drug-likeness (QED) is 0.903. The molecule has 2 heterocycles. The zero-order valence-electron chi connectivity index (χ0n) is 14.4. The largest absolute Gasteiger partial charge is 0.492 e. The lowest BCUT2D eigenvalue weighted by Crippen LogP contribution is -2.28. The molecule has 1 atom stereocenters. The predicted octanol–water partition coefficient (Wildman–Crippen LogP) is 3.79. The number of hydrogen-bond donors (Lipinski definition) is 1. The van der Waals surface area contributed by atoms with E-state index in [1.807, 2.05) is 12.1 Å². The molecule has 1 fully saturated rings. The Morgan fingerprint density at radius 3 is 2.88 bits per heavy atom. The second-order valence-electron chi connectivity index (χ2n) is 6.82. The third-order valence-electron chi connectivity index (χ3n) is 5.17. The Kier molecular flexibility index (Phi) is 4.70. The summed E-state index contributed by atoms with van der Waals surface area (Å²) in [4.78, 5) is 14.0. The Bertz CT molecular complexity index is 745. The van der Waals surface area contributed by atoms with Crippen molar-refractivity contribution < 1.29 is 9.53 Å². The molecule has 25 heavy (non-hydrogen) atoms. The van der Waals surface area contributed by atoms with Gasteiger partial charge in [-0.1, -0.05) is 30.3 Å². The number of hydrogen-bond acceptors (Lipinski definition) is 3. The van der Waals surface area contributed by atoms with Crippen LogP contribution in [0.1, 0.15) is 36.4 Å². The van der Waals surface area contributed by atoms with E-state index in [1.54, 1.807) is 0 Å². The summed E-state index contributed by atoms with van der Waals surface area (Å²) in [6.07, 6.45) is 3.82. The highest BCUT2D eigenvalue weighted by molar-refractivity contribution is 5.93. The maximum atomic E-state index is 11.4. The molecular formula is C21H24N2O2. The molecule has 1 N–H and O–H groups in total. The molecule has 130 valence electrons. The molecule has 2 aromatic rings. The second-order valence-corrected chi connectivity index (χ2v) is 6.82. The SMILES string of the molecule is O=C1CCc2cc(OCCN3CCCC3c3ccccc3)ccc2N1. The molecule has 0 aliphatic carbocycles. The van der Waals surface area contributed by atoms with E-state index in [1.165, 1.54) is 24.0 Å². The number of carbonyl (C=O) groups excluding carboxylic acids is 1. The van der Waals surface area contributed by atoms with Gasteiger partial charge in [0, 0.05) is 24.7 Å². The van der Waals surface area contributed by atoms with E-state index < -0.39 is 0 Å². The number of aryl methyl sites for hydroxylation is 1. The van der Waals surface area contributed by atoms with E-state index in [-0.39, 0.29) is 5.91 Å². The average Bonchev–Trinajstić information content (AvgIpc) is 3.11. The van der Waals surface area contributed by atoms with Crippen LogP contribution < -0.4 is 10.1 Å². The summed E-state index contributed by atoms with van der Waals surface area (Å²) in [5.74, 6) is 0.993. The summed E-state index contributed by atoms with van der Waals surface area (Å²) in [6, 6.07) is 17.2. The van der Waals surface area contributed by atoms with E-state index in [0.29, 0.717) is 19.1 Å². The fourth-order valence-electron chi connectivity index (χ4n) is 3.88. The Morgan fingerprint density at radius 2 is 2.00 bits per heavy atom. The third kappa shape index (κ3) is 3.69. The zero-order valence-corrected chi connectivity index (χ0v) is 14.4. The normalized spacial score (nSPS) is 20.2. The monoisotopic (exact) mass is 336 g/mol. The van der Waals surface area contributed by atoms with Crippen LogP contribution in [0, 0.1) is 0 Å². The highest BCUT2D eigenvalue weighted by Crippen LogP contribution is 2.31. The average molecular weight is 336 g/mol. The van der Waals surface area contributed by atoms with Crippen LogP contribution in [-0.2, 0) is 11.2 Å². The van der Waals surface area contributed by atoms with Gasteiger partial charge in [-0.25, -0.2) is 0 Å². The number of likely N-dealkylation sites (tertiary alicyclic amines) is 1. The van der Waals surface area contributed by atoms with Crippen LogP contribution in [-0.4, -0.2) is 30.5 Å². The van der Waals surface area contributed by atoms with Gasteiger partial charge in [0.1, 0.15) is 12.4 Å². The first-order valence-corrected chi connectivity index (χ1v) is 9.14. The number of benzene rings is 2. The number of nitrogens with zero attached hydrogens (tertiary/aromatic N) is 1. The molecule has 1 unspecified atom stereocenters. The van der Waals surface area contributed by atoms with Gasteiger partial charge in [0.05, 0.1) is 0 Å². The third-order valence-corrected chi connectivity index (χ3v) is 5.17. The van der Waals surface area contributed by atoms with Crippen molar-refractivity contribution in [1.82, 2.24) is 4.90 Å². The zero-order chi connectivity index (χ0) is 17.1. The van der Waals surface area contributed by atoms with Crippen LogP contribution in [0.3, 0.4) is 0 Å². The molecule has 2 aliphatic rings. The van der Waals surface area contributed by atoms with E-state index >= 15 is 0 Å². The molecule has 0 radical (unpaired) electrons. The number of rotatable bonds is 5. The van der Waals surface area contributed by atoms with Crippen molar-refractivity contribution in [3.05, 3.63) is 59.7 Å². The fourth-order valence-corrected chi connectivity index (χ4v) is 3.88. The Labute approximate surface area is 148 Å². The standard InChI is InChI=1S/C21H24N2O2/c24-21-11-8-17-15-18(9-10-19(17)22-21)25-14-13-23-12-4-7-20(23)16-5-2-1-3-6-16/h1-3,5-6,9-10,15,20H,4,7-8,11-14H2,(H,22,24). The van der Waals surface area contributed by atoms with Crippen molar-refractivity contribution in [2.24, 2.45) is 0 Å². The van der Waals surface area contributed by atoms with E-state index in [0.717, 1.165) is 30.9 Å². The number of amides is 1. The van der Waals surface area contributed by atoms with Crippen molar-refractivity contribution in [1.29, 1.82) is 0 Å². The van der Waals surface area contributed by atoms with Crippen LogP contribution in [0.15, 0.2) is 48.5 Å². The maximum absolute atomic E-state index is 11.4. The van der Waals surface area contributed by atoms with Crippen molar-refractivity contribution in [3.8, 4) is 5.75 Å². The van der Waals surface area contributed by atoms with Gasteiger partial charge >= 0.3 is 0 Å². The second kappa shape index (κ2) is 7.28. The van der Waals surface area contributed by atoms with Gasteiger partial charge in [0.25, 0.3) is 0 Å². The lowest BCUT2D eigenvalue weighted by molar-refractivity contribution is -0.116. The highest BCUT2D eigenvalue weighted by atomic mass is 16.5. The molecule has 0 bridgehead atoms. The van der Waals surface area contributed by atoms with Gasteiger partial charge < -0.3 is 10.1 Å². The van der Waals surface area contributed by atoms with Crippen LogP contribution in [0.4, 0.5) is 5.69 Å². The highest BCUT2D eigenvalue weighted by Gasteiger charge is 2.25. The summed E-state index contributed by atoms with van der Waals surface area (Å²) < 4.78 is 5.99. The van der Waals surface area contributed by atoms with Crippen molar-refractivity contribution in [3.63, 3.8) is 0 Å². The van der Waals surface area contributed by atoms with Crippen molar-refractivity contribution in [2.75, 3.05) is 25.0 Å². The number of anilines is 1. The summed E-state index contributed by atoms with van der Waals surface area (Å²) in [5, 5.41) is 2.91. The number of fused-ring (bicyclic) bond motifs is 1. The molecule has 2 aromatic carbocycles. The van der Waals surface area contributed by atoms with Crippen LogP contribution in [0.25, 0.3) is 0 Å². The minimum atomic E-state index is 0.0992. The molecule has 0 aromatic heterocycles. The van der Waals surface area contributed by atoms with Crippen LogP contribution in [0.2, 0.25) is 0 Å². The summed E-state index contributed by atoms with van der Waals surface area (Å²) in [7, 11) is 0. The fraction of sp³-hybridized carbons (Fsp3) is 0.381. The minimum Gasteiger partial charge on any atom is -0.492 e. The van der Waals surface area contributed by atoms with Crippen LogP contribution >= 0.6 is 0 Å². The maximum Gasteiger partial charge on any atom is 0.224 e. The van der Waals surface area contributed by atoms with Gasteiger partial charge in [-0.05, 0) is 55.1 Å². The number of nitrogens with one attached hydrogen (secondary N) is 1. The van der Waals surface area contributed by atoms with Gasteiger partial charge in [0.2, 0.25) is 5.91 Å². The minimum absolute atomic E-state index is 0.0992.